The zero-order valence-corrected chi connectivity index (χ0v) is 19.2. The number of nitrogens with zero attached hydrogens (tertiary/aromatic N) is 1. The lowest BCUT2D eigenvalue weighted by Gasteiger charge is -2.44. The molecular formula is C21H35Cl2N3OS. The molecule has 28 heavy (non-hydrogen) atoms. The van der Waals surface area contributed by atoms with Crippen LogP contribution in [-0.2, 0) is 4.79 Å². The predicted octanol–water partition coefficient (Wildman–Crippen LogP) is 4.24. The number of likely N-dealkylation sites (tertiary alicyclic amines) is 1. The van der Waals surface area contributed by atoms with Crippen LogP contribution in [0.3, 0.4) is 0 Å². The van der Waals surface area contributed by atoms with Gasteiger partial charge in [0.25, 0.3) is 0 Å². The lowest BCUT2D eigenvalue weighted by molar-refractivity contribution is -0.128. The van der Waals surface area contributed by atoms with Gasteiger partial charge in [-0.3, -0.25) is 9.69 Å². The molecule has 3 aliphatic rings. The molecule has 3 fully saturated rings. The highest BCUT2D eigenvalue weighted by Crippen LogP contribution is 2.42. The fraction of sp³-hybridized carbons (Fsp3) is 0.762. The van der Waals surface area contributed by atoms with Gasteiger partial charge in [-0.2, -0.15) is 0 Å². The van der Waals surface area contributed by atoms with Crippen LogP contribution in [-0.4, -0.2) is 37.0 Å². The first-order valence-corrected chi connectivity index (χ1v) is 11.3. The Morgan fingerprint density at radius 1 is 1.21 bits per heavy atom. The van der Waals surface area contributed by atoms with Crippen molar-refractivity contribution in [3.05, 3.63) is 22.4 Å². The minimum Gasteiger partial charge on any atom is -0.356 e. The van der Waals surface area contributed by atoms with Crippen LogP contribution in [0.5, 0.6) is 0 Å². The molecule has 2 bridgehead atoms. The second kappa shape index (κ2) is 10.6. The topological polar surface area (TPSA) is 58.4 Å². The van der Waals surface area contributed by atoms with E-state index in [2.05, 4.69) is 34.8 Å². The fourth-order valence-corrected chi connectivity index (χ4v) is 6.74. The Bertz CT molecular complexity index is 601. The summed E-state index contributed by atoms with van der Waals surface area (Å²) in [6.45, 7) is 1.96. The van der Waals surface area contributed by atoms with Gasteiger partial charge in [0.05, 0.1) is 0 Å². The van der Waals surface area contributed by atoms with Crippen LogP contribution in [0.4, 0.5) is 0 Å². The van der Waals surface area contributed by atoms with E-state index in [1.54, 1.807) is 0 Å². The zero-order chi connectivity index (χ0) is 18.1. The molecule has 2 saturated carbocycles. The molecule has 1 aliphatic heterocycles. The first-order chi connectivity index (χ1) is 12.6. The van der Waals surface area contributed by atoms with Crippen molar-refractivity contribution in [3.63, 3.8) is 0 Å². The highest BCUT2D eigenvalue weighted by molar-refractivity contribution is 7.10. The molecule has 3 N–H and O–H groups in total. The average Bonchev–Trinajstić information content (AvgIpc) is 3.13. The van der Waals surface area contributed by atoms with Crippen LogP contribution >= 0.6 is 36.2 Å². The summed E-state index contributed by atoms with van der Waals surface area (Å²) in [7, 11) is 2.22. The minimum absolute atomic E-state index is 0. The largest absolute Gasteiger partial charge is 0.356 e. The van der Waals surface area contributed by atoms with Crippen molar-refractivity contribution >= 4 is 42.1 Å². The van der Waals surface area contributed by atoms with E-state index in [4.69, 9.17) is 5.73 Å². The Hall–Kier alpha value is -0.330. The number of piperidine rings is 1. The van der Waals surface area contributed by atoms with Gasteiger partial charge in [0.15, 0.2) is 0 Å². The van der Waals surface area contributed by atoms with Gasteiger partial charge in [-0.05, 0) is 81.3 Å². The molecule has 1 aromatic heterocycles. The second-order valence-electron chi connectivity index (χ2n) is 8.79. The summed E-state index contributed by atoms with van der Waals surface area (Å²) in [5.74, 6) is 2.12. The number of carbonyl (C=O) groups excluding carboxylic acids is 1. The molecule has 160 valence electrons. The molecule has 0 aromatic carbocycles. The smallest absolute Gasteiger partial charge is 0.223 e. The summed E-state index contributed by atoms with van der Waals surface area (Å²) < 4.78 is 0. The zero-order valence-electron chi connectivity index (χ0n) is 16.7. The van der Waals surface area contributed by atoms with Crippen molar-refractivity contribution in [2.75, 3.05) is 20.1 Å². The van der Waals surface area contributed by atoms with Crippen molar-refractivity contribution in [1.29, 1.82) is 0 Å². The summed E-state index contributed by atoms with van der Waals surface area (Å²) in [6, 6.07) is 5.17. The molecule has 0 spiro atoms. The monoisotopic (exact) mass is 447 g/mol. The van der Waals surface area contributed by atoms with E-state index in [9.17, 15) is 4.79 Å². The van der Waals surface area contributed by atoms with Gasteiger partial charge in [0, 0.05) is 29.4 Å². The van der Waals surface area contributed by atoms with Crippen LogP contribution in [0.25, 0.3) is 0 Å². The first-order valence-electron chi connectivity index (χ1n) is 10.4. The van der Waals surface area contributed by atoms with E-state index < -0.39 is 0 Å². The molecule has 2 heterocycles. The Morgan fingerprint density at radius 2 is 1.93 bits per heavy atom. The number of nitrogens with two attached hydrogens (primary N) is 1. The van der Waals surface area contributed by atoms with Gasteiger partial charge in [0.2, 0.25) is 5.91 Å². The fourth-order valence-electron chi connectivity index (χ4n) is 5.76. The van der Waals surface area contributed by atoms with E-state index in [-0.39, 0.29) is 36.6 Å². The number of halogens is 2. The number of nitrogens with one attached hydrogen (secondary N) is 1. The molecule has 1 amide bonds. The molecule has 4 nitrogen and oxygen atoms in total. The minimum atomic E-state index is 0. The van der Waals surface area contributed by atoms with E-state index >= 15 is 0 Å². The molecule has 4 rings (SSSR count). The third-order valence-corrected chi connectivity index (χ3v) is 8.11. The van der Waals surface area contributed by atoms with Crippen molar-refractivity contribution < 1.29 is 4.79 Å². The quantitative estimate of drug-likeness (QED) is 0.724. The third kappa shape index (κ3) is 5.04. The van der Waals surface area contributed by atoms with Crippen molar-refractivity contribution in [2.24, 2.45) is 29.4 Å². The van der Waals surface area contributed by atoms with E-state index in [0.717, 1.165) is 25.9 Å². The van der Waals surface area contributed by atoms with Gasteiger partial charge in [-0.1, -0.05) is 12.5 Å². The summed E-state index contributed by atoms with van der Waals surface area (Å²) in [5.41, 5.74) is 6.39. The van der Waals surface area contributed by atoms with Crippen LogP contribution in [0.15, 0.2) is 17.5 Å². The van der Waals surface area contributed by atoms with Crippen LogP contribution in [0.1, 0.15) is 55.9 Å². The molecular weight excluding hydrogens is 413 g/mol. The number of carbonyl (C=O) groups is 1. The van der Waals surface area contributed by atoms with Gasteiger partial charge in [0.1, 0.15) is 0 Å². The Labute approximate surface area is 185 Å². The van der Waals surface area contributed by atoms with Gasteiger partial charge >= 0.3 is 0 Å². The molecule has 1 saturated heterocycles. The standard InChI is InChI=1S/C21H33N3OS.2ClH/c1-24-9-3-7-16(20(24)18-8-4-10-26-18)13-23-21(25)17-11-14-5-2-6-15(12-17)19(14)22;;/h4,8,10,14-17,19-20H,2-3,5-7,9,11-13,22H2,1H3,(H,23,25);2*1H. The van der Waals surface area contributed by atoms with Crippen molar-refractivity contribution in [1.82, 2.24) is 10.2 Å². The molecule has 7 heteroatoms. The normalized spacial score (nSPS) is 35.4. The lowest BCUT2D eigenvalue weighted by atomic mass is 9.65. The number of hydrogen-bond acceptors (Lipinski definition) is 4. The van der Waals surface area contributed by atoms with Crippen LogP contribution in [0.2, 0.25) is 0 Å². The maximum Gasteiger partial charge on any atom is 0.223 e. The number of hydrogen-bond donors (Lipinski definition) is 2. The Balaban J connectivity index is 0.00000140. The Kier molecular flexibility index (Phi) is 9.09. The molecule has 1 aromatic rings. The van der Waals surface area contributed by atoms with Crippen molar-refractivity contribution in [3.8, 4) is 0 Å². The second-order valence-corrected chi connectivity index (χ2v) is 9.76. The molecule has 0 radical (unpaired) electrons. The summed E-state index contributed by atoms with van der Waals surface area (Å²) >= 11 is 1.84. The number of amides is 1. The summed E-state index contributed by atoms with van der Waals surface area (Å²) in [5, 5.41) is 5.50. The highest BCUT2D eigenvalue weighted by Gasteiger charge is 2.41. The maximum absolute atomic E-state index is 12.9. The van der Waals surface area contributed by atoms with Gasteiger partial charge in [-0.15, -0.1) is 36.2 Å². The van der Waals surface area contributed by atoms with E-state index in [1.807, 2.05) is 11.3 Å². The molecule has 4 unspecified atom stereocenters. The van der Waals surface area contributed by atoms with E-state index in [1.165, 1.54) is 37.0 Å². The third-order valence-electron chi connectivity index (χ3n) is 7.16. The first kappa shape index (κ1) is 23.9. The molecule has 4 atom stereocenters. The van der Waals surface area contributed by atoms with Crippen molar-refractivity contribution in [2.45, 2.75) is 57.0 Å². The average molecular weight is 449 g/mol. The Morgan fingerprint density at radius 3 is 2.57 bits per heavy atom. The maximum atomic E-state index is 12.9. The van der Waals surface area contributed by atoms with Gasteiger partial charge in [-0.25, -0.2) is 0 Å². The van der Waals surface area contributed by atoms with Crippen LogP contribution < -0.4 is 11.1 Å². The van der Waals surface area contributed by atoms with Gasteiger partial charge < -0.3 is 11.1 Å². The predicted molar refractivity (Wildman–Crippen MR) is 121 cm³/mol. The number of fused-ring (bicyclic) bond motifs is 2. The lowest BCUT2D eigenvalue weighted by Crippen LogP contribution is -2.50. The van der Waals surface area contributed by atoms with Crippen LogP contribution in [0, 0.1) is 23.7 Å². The summed E-state index contributed by atoms with van der Waals surface area (Å²) in [4.78, 5) is 16.8. The van der Waals surface area contributed by atoms with E-state index in [0.29, 0.717) is 29.8 Å². The molecule has 2 aliphatic carbocycles. The number of thiophene rings is 1. The highest BCUT2D eigenvalue weighted by atomic mass is 35.5. The SMILES string of the molecule is CN1CCCC(CNC(=O)C2CC3CCCC(C2)C3N)C1c1cccs1.Cl.Cl. The summed E-state index contributed by atoms with van der Waals surface area (Å²) in [6.07, 6.45) is 8.17. The number of rotatable bonds is 4.